The molecule has 0 saturated carbocycles. The Morgan fingerprint density at radius 1 is 1.33 bits per heavy atom. The van der Waals surface area contributed by atoms with Crippen LogP contribution in [-0.2, 0) is 17.4 Å². The number of hydrogen-bond donors (Lipinski definition) is 1. The molecule has 6 heteroatoms. The second-order valence-corrected chi connectivity index (χ2v) is 5.60. The number of benzene rings is 1. The van der Waals surface area contributed by atoms with Gasteiger partial charge in [-0.2, -0.15) is 13.2 Å². The molecule has 0 radical (unpaired) electrons. The number of rotatable bonds is 3. The van der Waals surface area contributed by atoms with Crippen LogP contribution in [0.2, 0.25) is 0 Å². The minimum absolute atomic E-state index is 0.0572. The van der Waals surface area contributed by atoms with E-state index in [0.29, 0.717) is 24.6 Å². The SMILES string of the molecule is CC1CC(CN)CN1C(=O)Cc1ccc(C(F)(F)F)cc1. The number of hydrogen-bond acceptors (Lipinski definition) is 2. The van der Waals surface area contributed by atoms with Gasteiger partial charge in [0.05, 0.1) is 12.0 Å². The Morgan fingerprint density at radius 2 is 1.95 bits per heavy atom. The highest BCUT2D eigenvalue weighted by atomic mass is 19.4. The van der Waals surface area contributed by atoms with Crippen LogP contribution < -0.4 is 5.73 Å². The molecule has 1 aliphatic heterocycles. The number of alkyl halides is 3. The third-order valence-electron chi connectivity index (χ3n) is 3.95. The quantitative estimate of drug-likeness (QED) is 0.932. The van der Waals surface area contributed by atoms with Gasteiger partial charge in [-0.25, -0.2) is 0 Å². The van der Waals surface area contributed by atoms with Gasteiger partial charge in [-0.05, 0) is 43.5 Å². The van der Waals surface area contributed by atoms with Crippen molar-refractivity contribution in [2.45, 2.75) is 32.0 Å². The molecule has 1 aromatic carbocycles. The zero-order valence-corrected chi connectivity index (χ0v) is 11.9. The van der Waals surface area contributed by atoms with Crippen molar-refractivity contribution in [2.24, 2.45) is 11.7 Å². The van der Waals surface area contributed by atoms with Gasteiger partial charge in [0.25, 0.3) is 0 Å². The van der Waals surface area contributed by atoms with E-state index in [0.717, 1.165) is 18.6 Å². The first-order valence-corrected chi connectivity index (χ1v) is 6.97. The Kier molecular flexibility index (Phi) is 4.56. The highest BCUT2D eigenvalue weighted by molar-refractivity contribution is 5.79. The van der Waals surface area contributed by atoms with Gasteiger partial charge in [0.15, 0.2) is 0 Å². The van der Waals surface area contributed by atoms with E-state index >= 15 is 0 Å². The summed E-state index contributed by atoms with van der Waals surface area (Å²) in [6.45, 7) is 3.16. The van der Waals surface area contributed by atoms with Crippen LogP contribution in [0.4, 0.5) is 13.2 Å². The molecule has 1 fully saturated rings. The third-order valence-corrected chi connectivity index (χ3v) is 3.95. The Morgan fingerprint density at radius 3 is 2.43 bits per heavy atom. The Labute approximate surface area is 121 Å². The molecular weight excluding hydrogens is 281 g/mol. The van der Waals surface area contributed by atoms with Gasteiger partial charge >= 0.3 is 6.18 Å². The lowest BCUT2D eigenvalue weighted by atomic mass is 10.1. The minimum Gasteiger partial charge on any atom is -0.339 e. The normalized spacial score (nSPS) is 22.6. The molecule has 1 amide bonds. The van der Waals surface area contributed by atoms with Gasteiger partial charge in [0.2, 0.25) is 5.91 Å². The van der Waals surface area contributed by atoms with Gasteiger partial charge < -0.3 is 10.6 Å². The summed E-state index contributed by atoms with van der Waals surface area (Å²) in [5.41, 5.74) is 5.52. The summed E-state index contributed by atoms with van der Waals surface area (Å²) in [6.07, 6.45) is -3.34. The van der Waals surface area contributed by atoms with Crippen LogP contribution in [-0.4, -0.2) is 29.9 Å². The lowest BCUT2D eigenvalue weighted by Crippen LogP contribution is -2.35. The van der Waals surface area contributed by atoms with Gasteiger partial charge in [-0.15, -0.1) is 0 Å². The molecule has 0 bridgehead atoms. The number of carbonyl (C=O) groups is 1. The Balaban J connectivity index is 2.00. The van der Waals surface area contributed by atoms with Crippen LogP contribution in [0.15, 0.2) is 24.3 Å². The fraction of sp³-hybridized carbons (Fsp3) is 0.533. The molecule has 2 atom stereocenters. The number of halogens is 3. The zero-order valence-electron chi connectivity index (χ0n) is 11.9. The van der Waals surface area contributed by atoms with Crippen LogP contribution in [0.5, 0.6) is 0 Å². The zero-order chi connectivity index (χ0) is 15.6. The second-order valence-electron chi connectivity index (χ2n) is 5.60. The van der Waals surface area contributed by atoms with Crippen molar-refractivity contribution in [2.75, 3.05) is 13.1 Å². The maximum atomic E-state index is 12.5. The smallest absolute Gasteiger partial charge is 0.339 e. The van der Waals surface area contributed by atoms with Gasteiger partial charge in [0.1, 0.15) is 0 Å². The Hall–Kier alpha value is -1.56. The van der Waals surface area contributed by atoms with Crippen LogP contribution >= 0.6 is 0 Å². The summed E-state index contributed by atoms with van der Waals surface area (Å²) in [7, 11) is 0. The molecule has 2 N–H and O–H groups in total. The lowest BCUT2D eigenvalue weighted by molar-refractivity contribution is -0.137. The molecule has 1 aromatic rings. The summed E-state index contributed by atoms with van der Waals surface area (Å²) in [6, 6.07) is 4.89. The second kappa shape index (κ2) is 6.05. The number of likely N-dealkylation sites (tertiary alicyclic amines) is 1. The molecular formula is C15H19F3N2O. The van der Waals surface area contributed by atoms with Crippen molar-refractivity contribution in [3.63, 3.8) is 0 Å². The van der Waals surface area contributed by atoms with Crippen LogP contribution in [0.3, 0.4) is 0 Å². The van der Waals surface area contributed by atoms with Crippen molar-refractivity contribution < 1.29 is 18.0 Å². The first kappa shape index (κ1) is 15.8. The largest absolute Gasteiger partial charge is 0.416 e. The average Bonchev–Trinajstić information content (AvgIpc) is 2.80. The summed E-state index contributed by atoms with van der Waals surface area (Å²) in [5, 5.41) is 0. The van der Waals surface area contributed by atoms with Crippen molar-refractivity contribution in [1.82, 2.24) is 4.90 Å². The first-order chi connectivity index (χ1) is 9.81. The van der Waals surface area contributed by atoms with Gasteiger partial charge in [-0.3, -0.25) is 4.79 Å². The predicted octanol–water partition coefficient (Wildman–Crippen LogP) is 2.44. The molecule has 21 heavy (non-hydrogen) atoms. The van der Waals surface area contributed by atoms with E-state index in [4.69, 9.17) is 5.73 Å². The van der Waals surface area contributed by atoms with E-state index in [1.165, 1.54) is 12.1 Å². The van der Waals surface area contributed by atoms with E-state index in [2.05, 4.69) is 0 Å². The number of nitrogens with zero attached hydrogens (tertiary/aromatic N) is 1. The molecule has 0 spiro atoms. The summed E-state index contributed by atoms with van der Waals surface area (Å²) in [5.74, 6) is 0.259. The maximum absolute atomic E-state index is 12.5. The van der Waals surface area contributed by atoms with Crippen molar-refractivity contribution in [3.05, 3.63) is 35.4 Å². The van der Waals surface area contributed by atoms with Crippen LogP contribution in [0, 0.1) is 5.92 Å². The van der Waals surface area contributed by atoms with E-state index < -0.39 is 11.7 Å². The number of amides is 1. The van der Waals surface area contributed by atoms with Crippen LogP contribution in [0.1, 0.15) is 24.5 Å². The van der Waals surface area contributed by atoms with E-state index in [1.54, 1.807) is 4.90 Å². The van der Waals surface area contributed by atoms with E-state index in [1.807, 2.05) is 6.92 Å². The van der Waals surface area contributed by atoms with E-state index in [9.17, 15) is 18.0 Å². The van der Waals surface area contributed by atoms with Crippen molar-refractivity contribution >= 4 is 5.91 Å². The highest BCUT2D eigenvalue weighted by Gasteiger charge is 2.32. The van der Waals surface area contributed by atoms with Gasteiger partial charge in [0, 0.05) is 12.6 Å². The molecule has 2 unspecified atom stereocenters. The molecule has 1 aliphatic rings. The fourth-order valence-electron chi connectivity index (χ4n) is 2.75. The summed E-state index contributed by atoms with van der Waals surface area (Å²) in [4.78, 5) is 14.0. The molecule has 2 rings (SSSR count). The first-order valence-electron chi connectivity index (χ1n) is 6.97. The Bertz CT molecular complexity index is 499. The molecule has 1 heterocycles. The standard InChI is InChI=1S/C15H19F3N2O/c1-10-6-12(8-19)9-20(10)14(21)7-11-2-4-13(5-3-11)15(16,17)18/h2-5,10,12H,6-9,19H2,1H3. The molecule has 0 aromatic heterocycles. The molecule has 116 valence electrons. The average molecular weight is 300 g/mol. The summed E-state index contributed by atoms with van der Waals surface area (Å²) >= 11 is 0. The number of nitrogens with two attached hydrogens (primary N) is 1. The van der Waals surface area contributed by atoms with Crippen LogP contribution in [0.25, 0.3) is 0 Å². The number of carbonyl (C=O) groups excluding carboxylic acids is 1. The maximum Gasteiger partial charge on any atom is 0.416 e. The van der Waals surface area contributed by atoms with Crippen molar-refractivity contribution in [3.8, 4) is 0 Å². The third kappa shape index (κ3) is 3.75. The minimum atomic E-state index is -4.35. The molecule has 0 aliphatic carbocycles. The molecule has 1 saturated heterocycles. The highest BCUT2D eigenvalue weighted by Crippen LogP contribution is 2.29. The van der Waals surface area contributed by atoms with E-state index in [-0.39, 0.29) is 18.4 Å². The van der Waals surface area contributed by atoms with Gasteiger partial charge in [-0.1, -0.05) is 12.1 Å². The lowest BCUT2D eigenvalue weighted by Gasteiger charge is -2.21. The topological polar surface area (TPSA) is 46.3 Å². The molecule has 3 nitrogen and oxygen atoms in total. The predicted molar refractivity (Wildman–Crippen MR) is 73.5 cm³/mol. The monoisotopic (exact) mass is 300 g/mol. The summed E-state index contributed by atoms with van der Waals surface area (Å²) < 4.78 is 37.4. The van der Waals surface area contributed by atoms with Crippen molar-refractivity contribution in [1.29, 1.82) is 0 Å². The fourth-order valence-corrected chi connectivity index (χ4v) is 2.75.